The second-order valence-corrected chi connectivity index (χ2v) is 8.65. The molecule has 1 unspecified atom stereocenters. The van der Waals surface area contributed by atoms with Crippen molar-refractivity contribution in [3.8, 4) is 0 Å². The Balaban J connectivity index is 2.03. The molecule has 0 aromatic heterocycles. The van der Waals surface area contributed by atoms with Crippen molar-refractivity contribution in [2.24, 2.45) is 11.3 Å². The van der Waals surface area contributed by atoms with E-state index in [-0.39, 0.29) is 11.2 Å². The Kier molecular flexibility index (Phi) is 6.76. The van der Waals surface area contributed by atoms with Crippen molar-refractivity contribution >= 4 is 0 Å². The summed E-state index contributed by atoms with van der Waals surface area (Å²) in [5.41, 5.74) is 0.128. The summed E-state index contributed by atoms with van der Waals surface area (Å²) in [4.78, 5) is 0. The third-order valence-corrected chi connectivity index (χ3v) is 5.54. The molecule has 0 radical (unpaired) electrons. The molecule has 22 heavy (non-hydrogen) atoms. The molecule has 0 aromatic rings. The summed E-state index contributed by atoms with van der Waals surface area (Å²) in [5, 5.41) is 0. The average Bonchev–Trinajstić information content (AvgIpc) is 2.45. The van der Waals surface area contributed by atoms with E-state index in [1.165, 1.54) is 57.8 Å². The van der Waals surface area contributed by atoms with Crippen molar-refractivity contribution in [1.29, 1.82) is 0 Å². The van der Waals surface area contributed by atoms with Crippen LogP contribution in [0.2, 0.25) is 0 Å². The highest BCUT2D eigenvalue weighted by molar-refractivity contribution is 4.89. The van der Waals surface area contributed by atoms with Crippen LogP contribution in [-0.4, -0.2) is 18.5 Å². The summed E-state index contributed by atoms with van der Waals surface area (Å²) < 4.78 is 13.1. The average molecular weight is 311 g/mol. The zero-order valence-electron chi connectivity index (χ0n) is 15.5. The Bertz CT molecular complexity index is 310. The van der Waals surface area contributed by atoms with Gasteiger partial charge in [-0.05, 0) is 18.8 Å². The Hall–Kier alpha value is -0.0800. The minimum Gasteiger partial charge on any atom is -0.349 e. The Morgan fingerprint density at radius 1 is 0.773 bits per heavy atom. The molecule has 1 aliphatic carbocycles. The van der Waals surface area contributed by atoms with E-state index in [0.29, 0.717) is 12.0 Å². The van der Waals surface area contributed by atoms with Crippen molar-refractivity contribution in [3.05, 3.63) is 0 Å². The molecule has 0 aromatic carbocycles. The molecule has 1 heterocycles. The molecule has 2 nitrogen and oxygen atoms in total. The Morgan fingerprint density at radius 2 is 1.23 bits per heavy atom. The van der Waals surface area contributed by atoms with Crippen molar-refractivity contribution in [2.45, 2.75) is 110 Å². The first-order chi connectivity index (χ1) is 10.5. The fourth-order valence-corrected chi connectivity index (χ4v) is 4.28. The van der Waals surface area contributed by atoms with Gasteiger partial charge < -0.3 is 9.47 Å². The Labute approximate surface area is 138 Å². The van der Waals surface area contributed by atoms with Crippen LogP contribution in [0.5, 0.6) is 0 Å². The van der Waals surface area contributed by atoms with E-state index in [9.17, 15) is 0 Å². The lowest BCUT2D eigenvalue weighted by Gasteiger charge is -2.50. The molecule has 1 atom stereocenters. The molecule has 0 amide bonds. The summed E-state index contributed by atoms with van der Waals surface area (Å²) >= 11 is 0. The van der Waals surface area contributed by atoms with Crippen LogP contribution in [0.4, 0.5) is 0 Å². The molecular formula is C20H38O2. The number of ether oxygens (including phenoxy) is 2. The van der Waals surface area contributed by atoms with Gasteiger partial charge >= 0.3 is 0 Å². The van der Waals surface area contributed by atoms with Gasteiger partial charge in [-0.3, -0.25) is 0 Å². The molecule has 1 saturated carbocycles. The van der Waals surface area contributed by atoms with E-state index in [1.54, 1.807) is 0 Å². The number of hydrogen-bond donors (Lipinski definition) is 0. The second-order valence-electron chi connectivity index (χ2n) is 8.65. The zero-order chi connectivity index (χ0) is 16.1. The predicted octanol–water partition coefficient (Wildman–Crippen LogP) is 6.09. The molecule has 0 bridgehead atoms. The molecule has 1 aliphatic heterocycles. The number of rotatable bonds is 1. The third kappa shape index (κ3) is 4.96. The fraction of sp³-hybridized carbons (Fsp3) is 1.00. The lowest BCUT2D eigenvalue weighted by molar-refractivity contribution is -0.342. The maximum absolute atomic E-state index is 6.67. The minimum atomic E-state index is -0.288. The molecule has 1 saturated heterocycles. The van der Waals surface area contributed by atoms with Gasteiger partial charge in [0.2, 0.25) is 0 Å². The van der Waals surface area contributed by atoms with Gasteiger partial charge in [-0.25, -0.2) is 0 Å². The van der Waals surface area contributed by atoms with E-state index in [0.717, 1.165) is 19.4 Å². The van der Waals surface area contributed by atoms with Crippen LogP contribution in [0.25, 0.3) is 0 Å². The summed E-state index contributed by atoms with van der Waals surface area (Å²) in [7, 11) is 0. The SMILES string of the molecule is CC(C)C1OC2(CCCCCCCCCCC2)OCC1(C)C. The maximum Gasteiger partial charge on any atom is 0.168 e. The molecule has 2 aliphatic rings. The van der Waals surface area contributed by atoms with E-state index >= 15 is 0 Å². The third-order valence-electron chi connectivity index (χ3n) is 5.54. The summed E-state index contributed by atoms with van der Waals surface area (Å²) in [6.07, 6.45) is 14.7. The Morgan fingerprint density at radius 3 is 1.68 bits per heavy atom. The van der Waals surface area contributed by atoms with Crippen LogP contribution >= 0.6 is 0 Å². The fourth-order valence-electron chi connectivity index (χ4n) is 4.28. The van der Waals surface area contributed by atoms with Gasteiger partial charge in [0, 0.05) is 18.3 Å². The topological polar surface area (TPSA) is 18.5 Å². The summed E-state index contributed by atoms with van der Waals surface area (Å²) in [6, 6.07) is 0. The van der Waals surface area contributed by atoms with E-state index < -0.39 is 0 Å². The van der Waals surface area contributed by atoms with Gasteiger partial charge in [0.15, 0.2) is 5.79 Å². The molecule has 1 spiro atoms. The lowest BCUT2D eigenvalue weighted by atomic mass is 9.79. The number of hydrogen-bond acceptors (Lipinski definition) is 2. The molecule has 0 N–H and O–H groups in total. The molecule has 2 rings (SSSR count). The van der Waals surface area contributed by atoms with Gasteiger partial charge in [0.1, 0.15) is 0 Å². The van der Waals surface area contributed by atoms with Crippen molar-refractivity contribution in [2.75, 3.05) is 6.61 Å². The first-order valence-corrected chi connectivity index (χ1v) is 9.77. The second kappa shape index (κ2) is 8.15. The van der Waals surface area contributed by atoms with Gasteiger partial charge in [-0.15, -0.1) is 0 Å². The minimum absolute atomic E-state index is 0.128. The van der Waals surface area contributed by atoms with Gasteiger partial charge in [-0.2, -0.15) is 0 Å². The van der Waals surface area contributed by atoms with Crippen LogP contribution in [0, 0.1) is 11.3 Å². The largest absolute Gasteiger partial charge is 0.349 e. The van der Waals surface area contributed by atoms with E-state index in [4.69, 9.17) is 9.47 Å². The van der Waals surface area contributed by atoms with Crippen molar-refractivity contribution < 1.29 is 9.47 Å². The smallest absolute Gasteiger partial charge is 0.168 e. The van der Waals surface area contributed by atoms with Crippen LogP contribution in [0.1, 0.15) is 98.3 Å². The van der Waals surface area contributed by atoms with Crippen molar-refractivity contribution in [1.82, 2.24) is 0 Å². The van der Waals surface area contributed by atoms with Gasteiger partial charge in [0.25, 0.3) is 0 Å². The first-order valence-electron chi connectivity index (χ1n) is 9.77. The molecule has 2 heteroatoms. The summed E-state index contributed by atoms with van der Waals surface area (Å²) in [5.74, 6) is 0.265. The highest BCUT2D eigenvalue weighted by Gasteiger charge is 2.46. The highest BCUT2D eigenvalue weighted by Crippen LogP contribution is 2.43. The van der Waals surface area contributed by atoms with E-state index in [1.807, 2.05) is 0 Å². The van der Waals surface area contributed by atoms with Gasteiger partial charge in [0.05, 0.1) is 12.7 Å². The standard InChI is InChI=1S/C20H38O2/c1-17(2)18-19(3,4)16-21-20(22-18)14-12-10-8-6-5-7-9-11-13-15-20/h17-18H,5-16H2,1-4H3. The quantitative estimate of drug-likeness (QED) is 0.584. The summed E-state index contributed by atoms with van der Waals surface area (Å²) in [6.45, 7) is 10.0. The van der Waals surface area contributed by atoms with E-state index in [2.05, 4.69) is 27.7 Å². The molecule has 130 valence electrons. The van der Waals surface area contributed by atoms with Crippen LogP contribution in [0.3, 0.4) is 0 Å². The molecular weight excluding hydrogens is 272 g/mol. The monoisotopic (exact) mass is 310 g/mol. The molecule has 2 fully saturated rings. The first kappa shape index (κ1) is 18.3. The zero-order valence-corrected chi connectivity index (χ0v) is 15.5. The van der Waals surface area contributed by atoms with Crippen molar-refractivity contribution in [3.63, 3.8) is 0 Å². The van der Waals surface area contributed by atoms with Gasteiger partial charge in [-0.1, -0.05) is 72.6 Å². The normalized spacial score (nSPS) is 30.7. The maximum atomic E-state index is 6.67. The van der Waals surface area contributed by atoms with Crippen LogP contribution < -0.4 is 0 Å². The van der Waals surface area contributed by atoms with Crippen LogP contribution in [-0.2, 0) is 9.47 Å². The lowest BCUT2D eigenvalue weighted by Crippen LogP contribution is -2.55. The highest BCUT2D eigenvalue weighted by atomic mass is 16.7. The van der Waals surface area contributed by atoms with Crippen LogP contribution in [0.15, 0.2) is 0 Å². The predicted molar refractivity (Wildman–Crippen MR) is 93.0 cm³/mol.